The lowest BCUT2D eigenvalue weighted by Gasteiger charge is -2.08. The first-order valence-electron chi connectivity index (χ1n) is 4.40. The van der Waals surface area contributed by atoms with Crippen molar-refractivity contribution in [3.05, 3.63) is 41.0 Å². The Balaban J connectivity index is 3.04. The molecule has 0 aliphatic heterocycles. The molecule has 1 nitrogen and oxygen atoms in total. The first kappa shape index (κ1) is 11.8. The van der Waals surface area contributed by atoms with Crippen LogP contribution in [0.1, 0.15) is 16.7 Å². The quantitative estimate of drug-likeness (QED) is 0.805. The number of aliphatic hydroxyl groups excluding tert-OH is 1. The Bertz CT molecular complexity index is 367. The third-order valence-electron chi connectivity index (χ3n) is 2.00. The molecule has 4 heteroatoms. The third kappa shape index (κ3) is 3.09. The molecule has 1 aromatic rings. The lowest BCUT2D eigenvalue weighted by molar-refractivity contribution is -0.137. The molecular formula is C11H11F3O. The summed E-state index contributed by atoms with van der Waals surface area (Å²) in [5.74, 6) is 0. The van der Waals surface area contributed by atoms with Crippen molar-refractivity contribution in [2.75, 3.05) is 6.61 Å². The fraction of sp³-hybridized carbons (Fsp3) is 0.273. The Morgan fingerprint density at radius 2 is 2.00 bits per heavy atom. The number of halogens is 3. The van der Waals surface area contributed by atoms with E-state index in [0.29, 0.717) is 11.1 Å². The zero-order valence-corrected chi connectivity index (χ0v) is 8.17. The number of hydrogen-bond donors (Lipinski definition) is 1. The van der Waals surface area contributed by atoms with Gasteiger partial charge in [0.2, 0.25) is 0 Å². The number of aliphatic hydroxyl groups is 1. The molecule has 15 heavy (non-hydrogen) atoms. The zero-order valence-electron chi connectivity index (χ0n) is 8.17. The maximum absolute atomic E-state index is 12.3. The topological polar surface area (TPSA) is 20.2 Å². The minimum absolute atomic E-state index is 0.125. The predicted molar refractivity (Wildman–Crippen MR) is 52.3 cm³/mol. The summed E-state index contributed by atoms with van der Waals surface area (Å²) in [6.45, 7) is 1.48. The van der Waals surface area contributed by atoms with Gasteiger partial charge in [-0.1, -0.05) is 18.2 Å². The molecule has 0 heterocycles. The maximum Gasteiger partial charge on any atom is 0.416 e. The van der Waals surface area contributed by atoms with E-state index in [-0.39, 0.29) is 6.61 Å². The van der Waals surface area contributed by atoms with Crippen LogP contribution in [-0.2, 0) is 6.18 Å². The Labute approximate surface area is 85.9 Å². The van der Waals surface area contributed by atoms with Crippen molar-refractivity contribution in [3.8, 4) is 0 Å². The molecule has 0 saturated heterocycles. The van der Waals surface area contributed by atoms with Crippen LogP contribution < -0.4 is 0 Å². The van der Waals surface area contributed by atoms with Gasteiger partial charge in [-0.2, -0.15) is 13.2 Å². The van der Waals surface area contributed by atoms with Crippen molar-refractivity contribution in [2.45, 2.75) is 13.1 Å². The van der Waals surface area contributed by atoms with Crippen molar-refractivity contribution >= 4 is 6.08 Å². The molecule has 0 fully saturated rings. The van der Waals surface area contributed by atoms with Gasteiger partial charge in [-0.05, 0) is 30.2 Å². The van der Waals surface area contributed by atoms with Crippen LogP contribution >= 0.6 is 0 Å². The smallest absolute Gasteiger partial charge is 0.392 e. The number of aryl methyl sites for hydroxylation is 1. The van der Waals surface area contributed by atoms with Crippen molar-refractivity contribution in [1.82, 2.24) is 0 Å². The minimum atomic E-state index is -4.30. The lowest BCUT2D eigenvalue weighted by atomic mass is 10.0. The molecule has 0 radical (unpaired) electrons. The second-order valence-corrected chi connectivity index (χ2v) is 3.15. The molecule has 0 saturated carbocycles. The largest absolute Gasteiger partial charge is 0.416 e. The van der Waals surface area contributed by atoms with Gasteiger partial charge in [-0.25, -0.2) is 0 Å². The van der Waals surface area contributed by atoms with Crippen LogP contribution in [0.2, 0.25) is 0 Å². The van der Waals surface area contributed by atoms with Crippen LogP contribution in [0.25, 0.3) is 6.08 Å². The highest BCUT2D eigenvalue weighted by Crippen LogP contribution is 2.30. The maximum atomic E-state index is 12.3. The monoisotopic (exact) mass is 216 g/mol. The summed E-state index contributed by atoms with van der Waals surface area (Å²) in [7, 11) is 0. The van der Waals surface area contributed by atoms with Gasteiger partial charge in [-0.3, -0.25) is 0 Å². The summed E-state index contributed by atoms with van der Waals surface area (Å²) in [6.07, 6.45) is -1.23. The number of benzene rings is 1. The van der Waals surface area contributed by atoms with Crippen LogP contribution in [0.4, 0.5) is 13.2 Å². The van der Waals surface area contributed by atoms with Crippen molar-refractivity contribution in [1.29, 1.82) is 0 Å². The second-order valence-electron chi connectivity index (χ2n) is 3.15. The Morgan fingerprint density at radius 3 is 2.47 bits per heavy atom. The average molecular weight is 216 g/mol. The van der Waals surface area contributed by atoms with Gasteiger partial charge in [-0.15, -0.1) is 0 Å². The molecule has 1 rings (SSSR count). The van der Waals surface area contributed by atoms with E-state index in [9.17, 15) is 13.2 Å². The molecule has 1 aromatic carbocycles. The average Bonchev–Trinajstić information content (AvgIpc) is 2.14. The molecule has 0 atom stereocenters. The molecule has 0 aromatic heterocycles. The van der Waals surface area contributed by atoms with Crippen molar-refractivity contribution in [3.63, 3.8) is 0 Å². The lowest BCUT2D eigenvalue weighted by Crippen LogP contribution is -2.05. The van der Waals surface area contributed by atoms with E-state index in [4.69, 9.17) is 5.11 Å². The molecule has 0 bridgehead atoms. The van der Waals surface area contributed by atoms with Gasteiger partial charge in [0.05, 0.1) is 12.2 Å². The van der Waals surface area contributed by atoms with E-state index >= 15 is 0 Å². The Morgan fingerprint density at radius 1 is 1.33 bits per heavy atom. The summed E-state index contributed by atoms with van der Waals surface area (Å²) in [5.41, 5.74) is 0.563. The SMILES string of the molecule is Cc1cc(C(F)(F)F)ccc1/C=C/CO. The van der Waals surface area contributed by atoms with E-state index in [1.165, 1.54) is 12.1 Å². The van der Waals surface area contributed by atoms with Crippen LogP contribution in [0.3, 0.4) is 0 Å². The third-order valence-corrected chi connectivity index (χ3v) is 2.00. The van der Waals surface area contributed by atoms with Gasteiger partial charge >= 0.3 is 6.18 Å². The fourth-order valence-corrected chi connectivity index (χ4v) is 1.22. The molecule has 0 spiro atoms. The summed E-state index contributed by atoms with van der Waals surface area (Å²) in [6, 6.07) is 3.52. The number of rotatable bonds is 2. The Kier molecular flexibility index (Phi) is 3.52. The summed E-state index contributed by atoms with van der Waals surface area (Å²) >= 11 is 0. The van der Waals surface area contributed by atoms with E-state index in [1.807, 2.05) is 0 Å². The zero-order chi connectivity index (χ0) is 11.5. The van der Waals surface area contributed by atoms with Crippen LogP contribution in [0.15, 0.2) is 24.3 Å². The van der Waals surface area contributed by atoms with Gasteiger partial charge in [0.1, 0.15) is 0 Å². The minimum Gasteiger partial charge on any atom is -0.392 e. The predicted octanol–water partition coefficient (Wildman–Crippen LogP) is 3.02. The van der Waals surface area contributed by atoms with Gasteiger partial charge in [0, 0.05) is 0 Å². The molecule has 1 N–H and O–H groups in total. The van der Waals surface area contributed by atoms with E-state index in [2.05, 4.69) is 0 Å². The summed E-state index contributed by atoms with van der Waals surface area (Å²) in [5, 5.41) is 8.54. The molecule has 0 aliphatic carbocycles. The first-order valence-corrected chi connectivity index (χ1v) is 4.40. The van der Waals surface area contributed by atoms with Crippen molar-refractivity contribution < 1.29 is 18.3 Å². The van der Waals surface area contributed by atoms with Crippen LogP contribution in [-0.4, -0.2) is 11.7 Å². The van der Waals surface area contributed by atoms with Gasteiger partial charge < -0.3 is 5.11 Å². The van der Waals surface area contributed by atoms with Gasteiger partial charge in [0.15, 0.2) is 0 Å². The molecule has 0 unspecified atom stereocenters. The highest BCUT2D eigenvalue weighted by molar-refractivity contribution is 5.54. The molecular weight excluding hydrogens is 205 g/mol. The Hall–Kier alpha value is -1.29. The number of hydrogen-bond acceptors (Lipinski definition) is 1. The first-order chi connectivity index (χ1) is 6.95. The number of alkyl halides is 3. The molecule has 0 aliphatic rings. The van der Waals surface area contributed by atoms with E-state index in [0.717, 1.165) is 12.1 Å². The normalized spacial score (nSPS) is 12.3. The van der Waals surface area contributed by atoms with Crippen LogP contribution in [0.5, 0.6) is 0 Å². The standard InChI is InChI=1S/C11H11F3O/c1-8-7-10(11(12,13)14)5-4-9(8)3-2-6-15/h2-5,7,15H,6H2,1H3/b3-2+. The molecule has 82 valence electrons. The van der Waals surface area contributed by atoms with Crippen LogP contribution in [0, 0.1) is 6.92 Å². The summed E-state index contributed by atoms with van der Waals surface area (Å²) < 4.78 is 36.9. The highest BCUT2D eigenvalue weighted by Gasteiger charge is 2.30. The fourth-order valence-electron chi connectivity index (χ4n) is 1.22. The highest BCUT2D eigenvalue weighted by atomic mass is 19.4. The van der Waals surface area contributed by atoms with E-state index < -0.39 is 11.7 Å². The van der Waals surface area contributed by atoms with Gasteiger partial charge in [0.25, 0.3) is 0 Å². The second kappa shape index (κ2) is 4.49. The van der Waals surface area contributed by atoms with E-state index in [1.54, 1.807) is 13.0 Å². The summed E-state index contributed by atoms with van der Waals surface area (Å²) in [4.78, 5) is 0. The molecule has 0 amide bonds. The van der Waals surface area contributed by atoms with Crippen molar-refractivity contribution in [2.24, 2.45) is 0 Å².